The molecule has 2 atom stereocenters. The summed E-state index contributed by atoms with van der Waals surface area (Å²) in [6.45, 7) is 1.92. The molecule has 0 aromatic heterocycles. The van der Waals surface area contributed by atoms with E-state index in [2.05, 4.69) is 21.2 Å². The van der Waals surface area contributed by atoms with Crippen LogP contribution < -0.4 is 10.1 Å². The van der Waals surface area contributed by atoms with Crippen molar-refractivity contribution < 1.29 is 19.4 Å². The molecular formula is C16H20BrNO4. The highest BCUT2D eigenvalue weighted by Gasteiger charge is 2.48. The van der Waals surface area contributed by atoms with E-state index in [4.69, 9.17) is 4.74 Å². The van der Waals surface area contributed by atoms with Crippen molar-refractivity contribution in [2.75, 3.05) is 12.4 Å². The smallest absolute Gasteiger partial charge is 0.321 e. The number of aryl methyl sites for hydroxylation is 1. The maximum absolute atomic E-state index is 12.6. The van der Waals surface area contributed by atoms with E-state index in [0.29, 0.717) is 24.3 Å². The number of carboxylic acids is 1. The normalized spacial score (nSPS) is 24.6. The number of amides is 1. The Balaban J connectivity index is 2.24. The second-order valence-corrected chi connectivity index (χ2v) is 7.07. The molecule has 5 nitrogen and oxygen atoms in total. The molecule has 22 heavy (non-hydrogen) atoms. The van der Waals surface area contributed by atoms with Crippen LogP contribution in [-0.2, 0) is 9.59 Å². The number of hydrogen-bond acceptors (Lipinski definition) is 3. The minimum Gasteiger partial charge on any atom is -0.495 e. The Morgan fingerprint density at radius 2 is 2.14 bits per heavy atom. The number of methoxy groups -OCH3 is 1. The molecule has 2 rings (SSSR count). The number of aliphatic carboxylic acids is 1. The molecule has 1 amide bonds. The largest absolute Gasteiger partial charge is 0.495 e. The predicted octanol–water partition coefficient (Wildman–Crippen LogP) is 3.35. The van der Waals surface area contributed by atoms with Crippen LogP contribution in [0, 0.1) is 12.8 Å². The fourth-order valence-corrected chi connectivity index (χ4v) is 3.59. The van der Waals surface area contributed by atoms with Crippen molar-refractivity contribution in [1.29, 1.82) is 0 Å². The highest BCUT2D eigenvalue weighted by atomic mass is 79.9. The van der Waals surface area contributed by atoms with E-state index in [1.165, 1.54) is 7.11 Å². The first-order chi connectivity index (χ1) is 10.4. The zero-order chi connectivity index (χ0) is 16.3. The number of anilines is 1. The zero-order valence-corrected chi connectivity index (χ0v) is 14.3. The third-order valence-electron chi connectivity index (χ3n) is 4.12. The minimum atomic E-state index is -1.19. The first-order valence-corrected chi connectivity index (χ1v) is 8.05. The molecule has 6 heteroatoms. The SMILES string of the molecule is COc1ccc(C)cc1NC(=O)C1CCCCC1(Br)C(=O)O. The summed E-state index contributed by atoms with van der Waals surface area (Å²) in [5, 5.41) is 12.3. The predicted molar refractivity (Wildman–Crippen MR) is 87.6 cm³/mol. The van der Waals surface area contributed by atoms with Crippen molar-refractivity contribution in [3.8, 4) is 5.75 Å². The van der Waals surface area contributed by atoms with Crippen molar-refractivity contribution in [2.24, 2.45) is 5.92 Å². The third-order valence-corrected chi connectivity index (χ3v) is 5.41. The van der Waals surface area contributed by atoms with Gasteiger partial charge in [-0.2, -0.15) is 0 Å². The summed E-state index contributed by atoms with van der Waals surface area (Å²) in [5.41, 5.74) is 1.56. The lowest BCUT2D eigenvalue weighted by Gasteiger charge is -2.35. The Bertz CT molecular complexity index is 590. The van der Waals surface area contributed by atoms with Crippen LogP contribution in [-0.4, -0.2) is 28.4 Å². The Hall–Kier alpha value is -1.56. The van der Waals surface area contributed by atoms with Crippen molar-refractivity contribution >= 4 is 33.5 Å². The number of carbonyl (C=O) groups is 2. The van der Waals surface area contributed by atoms with Gasteiger partial charge in [-0.25, -0.2) is 0 Å². The van der Waals surface area contributed by atoms with Crippen molar-refractivity contribution in [1.82, 2.24) is 0 Å². The van der Waals surface area contributed by atoms with Gasteiger partial charge in [-0.15, -0.1) is 0 Å². The summed E-state index contributed by atoms with van der Waals surface area (Å²) >= 11 is 3.30. The molecule has 0 bridgehead atoms. The summed E-state index contributed by atoms with van der Waals surface area (Å²) in [7, 11) is 1.53. The van der Waals surface area contributed by atoms with Crippen LogP contribution in [0.3, 0.4) is 0 Å². The molecule has 0 spiro atoms. The lowest BCUT2D eigenvalue weighted by atomic mass is 9.78. The summed E-state index contributed by atoms with van der Waals surface area (Å²) < 4.78 is 4.06. The van der Waals surface area contributed by atoms with Crippen molar-refractivity contribution in [3.63, 3.8) is 0 Å². The van der Waals surface area contributed by atoms with Gasteiger partial charge in [0.1, 0.15) is 10.1 Å². The van der Waals surface area contributed by atoms with E-state index in [9.17, 15) is 14.7 Å². The van der Waals surface area contributed by atoms with Gasteiger partial charge in [0.05, 0.1) is 18.7 Å². The van der Waals surface area contributed by atoms with Crippen LogP contribution in [0.15, 0.2) is 18.2 Å². The Kier molecular flexibility index (Phi) is 5.11. The molecule has 1 saturated carbocycles. The van der Waals surface area contributed by atoms with Crippen LogP contribution in [0.1, 0.15) is 31.2 Å². The molecule has 2 N–H and O–H groups in total. The first kappa shape index (κ1) is 16.8. The molecule has 0 radical (unpaired) electrons. The minimum absolute atomic E-state index is 0.289. The van der Waals surface area contributed by atoms with Gasteiger partial charge in [0.25, 0.3) is 0 Å². The summed E-state index contributed by atoms with van der Waals surface area (Å²) in [6, 6.07) is 5.49. The molecule has 1 aliphatic carbocycles. The Labute approximate surface area is 138 Å². The van der Waals surface area contributed by atoms with E-state index >= 15 is 0 Å². The number of nitrogens with one attached hydrogen (secondary N) is 1. The van der Waals surface area contributed by atoms with E-state index in [1.807, 2.05) is 19.1 Å². The van der Waals surface area contributed by atoms with E-state index in [0.717, 1.165) is 18.4 Å². The molecule has 2 unspecified atom stereocenters. The van der Waals surface area contributed by atoms with Gasteiger partial charge in [-0.05, 0) is 37.5 Å². The molecular weight excluding hydrogens is 350 g/mol. The average Bonchev–Trinajstić information content (AvgIpc) is 2.47. The molecule has 120 valence electrons. The molecule has 0 heterocycles. The van der Waals surface area contributed by atoms with Crippen LogP contribution >= 0.6 is 15.9 Å². The number of benzene rings is 1. The highest BCUT2D eigenvalue weighted by Crippen LogP contribution is 2.42. The Morgan fingerprint density at radius 3 is 2.77 bits per heavy atom. The van der Waals surface area contributed by atoms with Gasteiger partial charge < -0.3 is 15.2 Å². The molecule has 1 aromatic carbocycles. The number of rotatable bonds is 4. The van der Waals surface area contributed by atoms with Crippen LogP contribution in [0.2, 0.25) is 0 Å². The molecule has 0 saturated heterocycles. The fourth-order valence-electron chi connectivity index (χ4n) is 2.87. The lowest BCUT2D eigenvalue weighted by Crippen LogP contribution is -2.47. The lowest BCUT2D eigenvalue weighted by molar-refractivity contribution is -0.144. The van der Waals surface area contributed by atoms with E-state index < -0.39 is 16.2 Å². The highest BCUT2D eigenvalue weighted by molar-refractivity contribution is 9.10. The van der Waals surface area contributed by atoms with Gasteiger partial charge >= 0.3 is 5.97 Å². The van der Waals surface area contributed by atoms with Crippen molar-refractivity contribution in [3.05, 3.63) is 23.8 Å². The van der Waals surface area contributed by atoms with Crippen LogP contribution in [0.25, 0.3) is 0 Å². The van der Waals surface area contributed by atoms with Crippen LogP contribution in [0.5, 0.6) is 5.75 Å². The summed E-state index contributed by atoms with van der Waals surface area (Å²) in [4.78, 5) is 24.2. The monoisotopic (exact) mass is 369 g/mol. The second kappa shape index (κ2) is 6.69. The number of carbonyl (C=O) groups excluding carboxylic acids is 1. The maximum Gasteiger partial charge on any atom is 0.321 e. The van der Waals surface area contributed by atoms with Gasteiger partial charge in [0.2, 0.25) is 5.91 Å². The van der Waals surface area contributed by atoms with Gasteiger partial charge in [0.15, 0.2) is 0 Å². The topological polar surface area (TPSA) is 75.6 Å². The zero-order valence-electron chi connectivity index (χ0n) is 12.7. The number of alkyl halides is 1. The van der Waals surface area contributed by atoms with Gasteiger partial charge in [-0.1, -0.05) is 34.8 Å². The number of ether oxygens (including phenoxy) is 1. The van der Waals surface area contributed by atoms with Crippen molar-refractivity contribution in [2.45, 2.75) is 36.9 Å². The number of carboxylic acid groups (broad SMARTS) is 1. The summed E-state index contributed by atoms with van der Waals surface area (Å²) in [5.74, 6) is -1.32. The van der Waals surface area contributed by atoms with Gasteiger partial charge in [-0.3, -0.25) is 9.59 Å². The quantitative estimate of drug-likeness (QED) is 0.797. The van der Waals surface area contributed by atoms with Gasteiger partial charge in [0, 0.05) is 0 Å². The van der Waals surface area contributed by atoms with E-state index in [-0.39, 0.29) is 5.91 Å². The average molecular weight is 370 g/mol. The standard InChI is InChI=1S/C16H20BrNO4/c1-10-6-7-13(22-2)12(9-10)18-14(19)11-5-3-4-8-16(11,17)15(20)21/h6-7,9,11H,3-5,8H2,1-2H3,(H,18,19)(H,20,21). The first-order valence-electron chi connectivity index (χ1n) is 7.26. The number of halogens is 1. The summed E-state index contributed by atoms with van der Waals surface area (Å²) in [6.07, 6.45) is 2.65. The maximum atomic E-state index is 12.6. The molecule has 1 aliphatic rings. The molecule has 0 aliphatic heterocycles. The third kappa shape index (κ3) is 3.27. The molecule has 1 aromatic rings. The Morgan fingerprint density at radius 1 is 1.41 bits per heavy atom. The molecule has 1 fully saturated rings. The van der Waals surface area contributed by atoms with Crippen LogP contribution in [0.4, 0.5) is 5.69 Å². The second-order valence-electron chi connectivity index (χ2n) is 5.66. The number of hydrogen-bond donors (Lipinski definition) is 2. The fraction of sp³-hybridized carbons (Fsp3) is 0.500. The van der Waals surface area contributed by atoms with E-state index in [1.54, 1.807) is 6.07 Å².